The number of amides is 2. The highest BCUT2D eigenvalue weighted by Gasteiger charge is 2.43. The molecule has 1 saturated heterocycles. The van der Waals surface area contributed by atoms with Crippen LogP contribution in [0, 0.1) is 0 Å². The Morgan fingerprint density at radius 2 is 1.57 bits per heavy atom. The molecular weight excluding hydrogens is 733 g/mol. The number of thiophene rings is 1. The summed E-state index contributed by atoms with van der Waals surface area (Å²) >= 11 is 0.841. The van der Waals surface area contributed by atoms with Gasteiger partial charge in [0.15, 0.2) is 21.5 Å². The van der Waals surface area contributed by atoms with Gasteiger partial charge in [0.05, 0.1) is 51.3 Å². The third-order valence-electron chi connectivity index (χ3n) is 10.0. The van der Waals surface area contributed by atoms with E-state index in [0.29, 0.717) is 41.3 Å². The fourth-order valence-electron chi connectivity index (χ4n) is 7.16. The van der Waals surface area contributed by atoms with Crippen molar-refractivity contribution in [3.05, 3.63) is 99.9 Å². The van der Waals surface area contributed by atoms with Gasteiger partial charge >= 0.3 is 5.97 Å². The van der Waals surface area contributed by atoms with Crippen molar-refractivity contribution in [2.75, 3.05) is 66.1 Å². The molecule has 1 N–H and O–H groups in total. The lowest BCUT2D eigenvalue weighted by atomic mass is 9.99. The highest BCUT2D eigenvalue weighted by molar-refractivity contribution is 7.91. The lowest BCUT2D eigenvalue weighted by Gasteiger charge is -2.39. The summed E-state index contributed by atoms with van der Waals surface area (Å²) in [7, 11) is 1.41. The second kappa shape index (κ2) is 16.6. The molecule has 2 aliphatic rings. The van der Waals surface area contributed by atoms with Crippen LogP contribution >= 0.6 is 11.3 Å². The average molecular weight is 777 g/mol. The number of rotatable bonds is 15. The molecule has 6 rings (SSSR count). The number of hydrogen-bond donors (Lipinski definition) is 1. The lowest BCUT2D eigenvalue weighted by molar-refractivity contribution is 0.0567. The fourth-order valence-corrected chi connectivity index (χ4v) is 9.69. The molecular formula is C39H44N4O9S2. The molecule has 286 valence electrons. The van der Waals surface area contributed by atoms with Crippen LogP contribution in [0.3, 0.4) is 0 Å². The second-order valence-electron chi connectivity index (χ2n) is 12.9. The Balaban J connectivity index is 1.23. The Morgan fingerprint density at radius 3 is 2.24 bits per heavy atom. The number of carbonyl (C=O) groups is 3. The van der Waals surface area contributed by atoms with E-state index in [1.165, 1.54) is 44.3 Å². The highest BCUT2D eigenvalue weighted by Crippen LogP contribution is 2.41. The summed E-state index contributed by atoms with van der Waals surface area (Å²) in [6, 6.07) is 20.5. The molecule has 3 heterocycles. The number of nitrogens with one attached hydrogen (secondary N) is 1. The molecule has 15 heteroatoms. The van der Waals surface area contributed by atoms with E-state index in [9.17, 15) is 22.8 Å². The first-order valence-corrected chi connectivity index (χ1v) is 19.9. The Kier molecular flexibility index (Phi) is 11.9. The van der Waals surface area contributed by atoms with E-state index in [4.69, 9.17) is 18.9 Å². The number of methoxy groups -OCH3 is 4. The number of ether oxygens (including phenoxy) is 4. The van der Waals surface area contributed by atoms with E-state index in [-0.39, 0.29) is 41.0 Å². The molecule has 1 unspecified atom stereocenters. The van der Waals surface area contributed by atoms with Crippen molar-refractivity contribution in [1.29, 1.82) is 0 Å². The molecule has 0 aliphatic carbocycles. The summed E-state index contributed by atoms with van der Waals surface area (Å²) in [6.07, 6.45) is 0.474. The first-order chi connectivity index (χ1) is 26.0. The van der Waals surface area contributed by atoms with Crippen molar-refractivity contribution >= 4 is 44.8 Å². The zero-order chi connectivity index (χ0) is 38.6. The smallest absolute Gasteiger partial charge is 0.342 e. The number of piperazine rings is 1. The van der Waals surface area contributed by atoms with E-state index < -0.39 is 33.8 Å². The molecule has 0 spiro atoms. The SMILES string of the molecule is COC(=O)c1csc(S(=O)(=O)NCCCC(c2ccc(OC)c(OC)c2)N2C(=O)c3cccc(N4CCN([C@H](C)c5ccccc5)CC4)c3C2=O)c1OC. The van der Waals surface area contributed by atoms with E-state index >= 15 is 0 Å². The predicted octanol–water partition coefficient (Wildman–Crippen LogP) is 5.54. The minimum absolute atomic E-state index is 0.00695. The number of sulfonamides is 1. The molecule has 1 aromatic heterocycles. The number of benzene rings is 3. The lowest BCUT2D eigenvalue weighted by Crippen LogP contribution is -2.47. The fraction of sp³-hybridized carbons (Fsp3) is 0.359. The van der Waals surface area contributed by atoms with Gasteiger partial charge in [0.1, 0.15) is 5.56 Å². The molecule has 4 aromatic rings. The van der Waals surface area contributed by atoms with Crippen LogP contribution in [0.15, 0.2) is 76.3 Å². The Labute approximate surface area is 319 Å². The Bertz CT molecular complexity index is 2120. The van der Waals surface area contributed by atoms with E-state index in [1.807, 2.05) is 30.3 Å². The summed E-state index contributed by atoms with van der Waals surface area (Å²) in [6.45, 7) is 5.12. The van der Waals surface area contributed by atoms with Gasteiger partial charge in [-0.15, -0.1) is 11.3 Å². The minimum atomic E-state index is -4.09. The van der Waals surface area contributed by atoms with Gasteiger partial charge in [-0.25, -0.2) is 17.9 Å². The van der Waals surface area contributed by atoms with Gasteiger partial charge in [-0.2, -0.15) is 0 Å². The minimum Gasteiger partial charge on any atom is -0.494 e. The van der Waals surface area contributed by atoms with Gasteiger partial charge in [0, 0.05) is 44.1 Å². The summed E-state index contributed by atoms with van der Waals surface area (Å²) in [4.78, 5) is 46.8. The maximum atomic E-state index is 14.5. The first-order valence-electron chi connectivity index (χ1n) is 17.5. The first kappa shape index (κ1) is 38.8. The van der Waals surface area contributed by atoms with Crippen LogP contribution in [0.1, 0.15) is 74.0 Å². The summed E-state index contributed by atoms with van der Waals surface area (Å²) < 4.78 is 50.1. The molecule has 2 atom stereocenters. The monoisotopic (exact) mass is 776 g/mol. The number of esters is 1. The van der Waals surface area contributed by atoms with Crippen LogP contribution in [-0.2, 0) is 14.8 Å². The number of nitrogens with zero attached hydrogens (tertiary/aromatic N) is 3. The normalized spacial score (nSPS) is 15.9. The summed E-state index contributed by atoms with van der Waals surface area (Å²) in [5, 5.41) is 1.37. The maximum absolute atomic E-state index is 14.5. The van der Waals surface area contributed by atoms with Gasteiger partial charge in [-0.1, -0.05) is 42.5 Å². The van der Waals surface area contributed by atoms with Crippen LogP contribution < -0.4 is 23.8 Å². The molecule has 3 aromatic carbocycles. The predicted molar refractivity (Wildman–Crippen MR) is 205 cm³/mol. The van der Waals surface area contributed by atoms with E-state index in [0.717, 1.165) is 30.1 Å². The molecule has 2 aliphatic heterocycles. The van der Waals surface area contributed by atoms with Crippen molar-refractivity contribution in [2.45, 2.75) is 36.1 Å². The molecule has 13 nitrogen and oxygen atoms in total. The van der Waals surface area contributed by atoms with Gasteiger partial charge in [0.25, 0.3) is 21.8 Å². The molecule has 0 radical (unpaired) electrons. The zero-order valence-electron chi connectivity index (χ0n) is 30.9. The van der Waals surface area contributed by atoms with E-state index in [1.54, 1.807) is 24.3 Å². The van der Waals surface area contributed by atoms with Gasteiger partial charge in [0.2, 0.25) is 0 Å². The number of carbonyl (C=O) groups excluding carboxylic acids is 3. The van der Waals surface area contributed by atoms with Gasteiger partial charge in [-0.3, -0.25) is 19.4 Å². The summed E-state index contributed by atoms with van der Waals surface area (Å²) in [5.74, 6) is -0.749. The molecule has 0 saturated carbocycles. The van der Waals surface area contributed by atoms with Crippen molar-refractivity contribution < 1.29 is 41.7 Å². The van der Waals surface area contributed by atoms with Crippen molar-refractivity contribution in [3.63, 3.8) is 0 Å². The molecule has 2 amide bonds. The van der Waals surface area contributed by atoms with Crippen LogP contribution in [0.2, 0.25) is 0 Å². The van der Waals surface area contributed by atoms with E-state index in [2.05, 4.69) is 33.6 Å². The van der Waals surface area contributed by atoms with Crippen molar-refractivity contribution in [1.82, 2.24) is 14.5 Å². The van der Waals surface area contributed by atoms with Crippen molar-refractivity contribution in [2.24, 2.45) is 0 Å². The quantitative estimate of drug-likeness (QED) is 0.0924. The van der Waals surface area contributed by atoms with Crippen molar-refractivity contribution in [3.8, 4) is 17.2 Å². The van der Waals surface area contributed by atoms with Gasteiger partial charge in [-0.05, 0) is 55.2 Å². The van der Waals surface area contributed by atoms with Crippen LogP contribution in [0.4, 0.5) is 5.69 Å². The Hall–Kier alpha value is -4.96. The van der Waals surface area contributed by atoms with Crippen LogP contribution in [-0.4, -0.2) is 97.2 Å². The van der Waals surface area contributed by atoms with Gasteiger partial charge < -0.3 is 23.8 Å². The molecule has 54 heavy (non-hydrogen) atoms. The number of anilines is 1. The van der Waals surface area contributed by atoms with Crippen LogP contribution in [0.5, 0.6) is 17.2 Å². The summed E-state index contributed by atoms with van der Waals surface area (Å²) in [5.41, 5.74) is 3.29. The topological polar surface area (TPSA) is 144 Å². The maximum Gasteiger partial charge on any atom is 0.342 e. The second-order valence-corrected chi connectivity index (χ2v) is 15.8. The largest absolute Gasteiger partial charge is 0.494 e. The highest BCUT2D eigenvalue weighted by atomic mass is 32.2. The molecule has 1 fully saturated rings. The Morgan fingerprint density at radius 1 is 0.852 bits per heavy atom. The number of fused-ring (bicyclic) bond motifs is 1. The number of imide groups is 1. The third-order valence-corrected chi connectivity index (χ3v) is 13.0. The number of hydrogen-bond acceptors (Lipinski definition) is 12. The average Bonchev–Trinajstić information content (AvgIpc) is 3.76. The molecule has 0 bridgehead atoms. The zero-order valence-corrected chi connectivity index (χ0v) is 32.5. The standard InChI is InChI=1S/C39H44N4O9S2/c1-25(26-11-7-6-8-12-26)41-19-21-42(22-20-41)31-14-9-13-28-34(31)37(45)43(36(28)44)30(27-16-17-32(49-2)33(23-27)50-3)15-10-18-40-54(47,48)39-35(51-4)29(24-53-39)38(46)52-5/h6-9,11-14,16-17,23-25,30,40H,10,15,18-22H2,1-5H3/t25-,30?/m1/s1. The van der Waals surface area contributed by atoms with Crippen LogP contribution in [0.25, 0.3) is 0 Å². The third kappa shape index (κ3) is 7.53.